The third-order valence-electron chi connectivity index (χ3n) is 2.74. The van der Waals surface area contributed by atoms with Gasteiger partial charge in [-0.3, -0.25) is 4.79 Å². The van der Waals surface area contributed by atoms with Crippen LogP contribution in [0, 0.1) is 5.41 Å². The number of β-lactam (4-membered cyclic amide) rings is 1. The summed E-state index contributed by atoms with van der Waals surface area (Å²) in [6.45, 7) is 12.6. The number of likely N-dealkylation sites (tertiary alicyclic amines) is 1. The molecule has 1 amide bonds. The molecule has 1 heterocycles. The molecule has 1 saturated heterocycles. The predicted octanol–water partition coefficient (Wildman–Crippen LogP) is 1.63. The smallest absolute Gasteiger partial charge is 0.224 e. The van der Waals surface area contributed by atoms with Crippen LogP contribution in [0.1, 0.15) is 27.2 Å². The van der Waals surface area contributed by atoms with Crippen molar-refractivity contribution in [3.05, 3.63) is 0 Å². The van der Waals surface area contributed by atoms with E-state index in [0.717, 1.165) is 19.5 Å². The van der Waals surface area contributed by atoms with Gasteiger partial charge in [-0.05, 0) is 18.5 Å². The highest BCUT2D eigenvalue weighted by Gasteiger charge is 2.32. The van der Waals surface area contributed by atoms with E-state index in [2.05, 4.69) is 33.9 Å². The summed E-state index contributed by atoms with van der Waals surface area (Å²) in [7, 11) is -1.03. The Morgan fingerprint density at radius 3 is 2.33 bits per heavy atom. The van der Waals surface area contributed by atoms with Gasteiger partial charge in [-0.15, -0.1) is 0 Å². The largest absolute Gasteiger partial charge is 0.415 e. The Morgan fingerprint density at radius 1 is 1.47 bits per heavy atom. The fourth-order valence-electron chi connectivity index (χ4n) is 1.60. The molecule has 0 aliphatic carbocycles. The van der Waals surface area contributed by atoms with Gasteiger partial charge in [-0.1, -0.05) is 20.8 Å². The van der Waals surface area contributed by atoms with Crippen LogP contribution in [0.15, 0.2) is 0 Å². The van der Waals surface area contributed by atoms with Crippen LogP contribution < -0.4 is 0 Å². The molecule has 3 nitrogen and oxygen atoms in total. The van der Waals surface area contributed by atoms with Crippen molar-refractivity contribution < 1.29 is 9.22 Å². The van der Waals surface area contributed by atoms with Crippen molar-refractivity contribution in [2.24, 2.45) is 5.41 Å². The topological polar surface area (TPSA) is 29.5 Å². The number of rotatable bonds is 4. The Labute approximate surface area is 94.5 Å². The molecule has 1 unspecified atom stereocenters. The van der Waals surface area contributed by atoms with Gasteiger partial charge in [0, 0.05) is 19.5 Å². The number of nitrogens with zero attached hydrogens (tertiary/aromatic N) is 1. The van der Waals surface area contributed by atoms with Crippen LogP contribution in [0.2, 0.25) is 13.1 Å². The fraction of sp³-hybridized carbons (Fsp3) is 0.909. The fourth-order valence-corrected chi connectivity index (χ4v) is 2.76. The first kappa shape index (κ1) is 12.7. The first-order valence-electron chi connectivity index (χ1n) is 5.74. The number of hydrogen-bond acceptors (Lipinski definition) is 2. The molecule has 0 aromatic rings. The molecule has 1 aliphatic rings. The highest BCUT2D eigenvalue weighted by atomic mass is 28.3. The third kappa shape index (κ3) is 3.61. The van der Waals surface area contributed by atoms with Crippen LogP contribution in [0.5, 0.6) is 0 Å². The molecule has 1 atom stereocenters. The van der Waals surface area contributed by atoms with Crippen LogP contribution in [-0.4, -0.2) is 39.0 Å². The summed E-state index contributed by atoms with van der Waals surface area (Å²) in [6, 6.07) is 0. The summed E-state index contributed by atoms with van der Waals surface area (Å²) in [5, 5.41) is 0. The van der Waals surface area contributed by atoms with E-state index >= 15 is 0 Å². The molecular formula is C11H23NO2Si. The molecule has 0 spiro atoms. The third-order valence-corrected chi connectivity index (χ3v) is 3.61. The second-order valence-corrected chi connectivity index (χ2v) is 8.00. The summed E-state index contributed by atoms with van der Waals surface area (Å²) in [6.07, 6.45) is 0.907. The van der Waals surface area contributed by atoms with E-state index in [4.69, 9.17) is 4.43 Å². The summed E-state index contributed by atoms with van der Waals surface area (Å²) in [4.78, 5) is 13.2. The van der Waals surface area contributed by atoms with Crippen molar-refractivity contribution in [3.63, 3.8) is 0 Å². The minimum absolute atomic E-state index is 0.118. The maximum absolute atomic E-state index is 11.3. The lowest BCUT2D eigenvalue weighted by Crippen LogP contribution is -2.51. The van der Waals surface area contributed by atoms with Gasteiger partial charge < -0.3 is 9.33 Å². The summed E-state index contributed by atoms with van der Waals surface area (Å²) in [5.74, 6) is 0.276. The van der Waals surface area contributed by atoms with Crippen molar-refractivity contribution in [1.29, 1.82) is 0 Å². The van der Waals surface area contributed by atoms with Gasteiger partial charge in [-0.2, -0.15) is 0 Å². The normalized spacial score (nSPS) is 19.3. The predicted molar refractivity (Wildman–Crippen MR) is 64.4 cm³/mol. The number of hydrogen-bond donors (Lipinski definition) is 0. The first-order valence-corrected chi connectivity index (χ1v) is 8.52. The highest BCUT2D eigenvalue weighted by Crippen LogP contribution is 2.25. The molecule has 1 aliphatic heterocycles. The van der Waals surface area contributed by atoms with Crippen LogP contribution in [-0.2, 0) is 9.22 Å². The highest BCUT2D eigenvalue weighted by molar-refractivity contribution is 6.48. The molecule has 0 aromatic carbocycles. The second-order valence-electron chi connectivity index (χ2n) is 5.63. The second kappa shape index (κ2) is 4.66. The summed E-state index contributed by atoms with van der Waals surface area (Å²) < 4.78 is 6.01. The minimum Gasteiger partial charge on any atom is -0.415 e. The van der Waals surface area contributed by atoms with E-state index in [0.29, 0.717) is 0 Å². The molecule has 4 heteroatoms. The van der Waals surface area contributed by atoms with Gasteiger partial charge in [0.05, 0.1) is 6.10 Å². The van der Waals surface area contributed by atoms with Gasteiger partial charge in [-0.25, -0.2) is 0 Å². The quantitative estimate of drug-likeness (QED) is 0.542. The van der Waals surface area contributed by atoms with Crippen molar-refractivity contribution in [3.8, 4) is 0 Å². The van der Waals surface area contributed by atoms with Crippen LogP contribution in [0.3, 0.4) is 0 Å². The van der Waals surface area contributed by atoms with Gasteiger partial charge in [0.15, 0.2) is 9.04 Å². The minimum atomic E-state index is -1.03. The van der Waals surface area contributed by atoms with Crippen LogP contribution in [0.4, 0.5) is 0 Å². The van der Waals surface area contributed by atoms with Crippen LogP contribution in [0.25, 0.3) is 0 Å². The van der Waals surface area contributed by atoms with Gasteiger partial charge in [0.25, 0.3) is 0 Å². The zero-order chi connectivity index (χ0) is 11.6. The number of amides is 1. The maximum atomic E-state index is 11.3. The van der Waals surface area contributed by atoms with Gasteiger partial charge >= 0.3 is 0 Å². The Balaban J connectivity index is 2.52. The number of carbonyl (C=O) groups is 1. The lowest BCUT2D eigenvalue weighted by atomic mass is 9.88. The molecule has 0 radical (unpaired) electrons. The summed E-state index contributed by atoms with van der Waals surface area (Å²) in [5.41, 5.74) is 0.118. The lowest BCUT2D eigenvalue weighted by Gasteiger charge is -2.40. The first-order chi connectivity index (χ1) is 6.80. The molecule has 1 rings (SSSR count). The van der Waals surface area contributed by atoms with Crippen molar-refractivity contribution >= 4 is 14.9 Å². The molecule has 0 aromatic heterocycles. The van der Waals surface area contributed by atoms with Crippen molar-refractivity contribution in [2.75, 3.05) is 13.1 Å². The standard InChI is InChI=1S/C11H23NO2Si/c1-11(2,3)9(14-15(4)5)8-12-7-6-10(12)13/h9,15H,6-8H2,1-5H3. The van der Waals surface area contributed by atoms with Crippen molar-refractivity contribution in [1.82, 2.24) is 4.90 Å². The Hall–Kier alpha value is -0.353. The molecule has 0 bridgehead atoms. The average molecular weight is 229 g/mol. The van der Waals surface area contributed by atoms with Crippen molar-refractivity contribution in [2.45, 2.75) is 46.4 Å². The zero-order valence-electron chi connectivity index (χ0n) is 10.5. The van der Waals surface area contributed by atoms with E-state index in [-0.39, 0.29) is 17.4 Å². The van der Waals surface area contributed by atoms with Gasteiger partial charge in [0.2, 0.25) is 5.91 Å². The molecular weight excluding hydrogens is 206 g/mol. The Kier molecular flexibility index (Phi) is 3.95. The van der Waals surface area contributed by atoms with E-state index < -0.39 is 9.04 Å². The van der Waals surface area contributed by atoms with E-state index in [1.165, 1.54) is 0 Å². The molecule has 0 saturated carbocycles. The van der Waals surface area contributed by atoms with E-state index in [9.17, 15) is 4.79 Å². The Bertz CT molecular complexity index is 235. The van der Waals surface area contributed by atoms with Crippen LogP contribution >= 0.6 is 0 Å². The molecule has 15 heavy (non-hydrogen) atoms. The lowest BCUT2D eigenvalue weighted by molar-refractivity contribution is -0.142. The molecule has 0 N–H and O–H groups in total. The van der Waals surface area contributed by atoms with Gasteiger partial charge in [0.1, 0.15) is 0 Å². The summed E-state index contributed by atoms with van der Waals surface area (Å²) >= 11 is 0. The number of carbonyl (C=O) groups excluding carboxylic acids is 1. The zero-order valence-corrected chi connectivity index (χ0v) is 11.7. The Morgan fingerprint density at radius 2 is 2.07 bits per heavy atom. The molecule has 1 fully saturated rings. The SMILES string of the molecule is C[SiH](C)OC(CN1CCC1=O)C(C)(C)C. The monoisotopic (exact) mass is 229 g/mol. The van der Waals surface area contributed by atoms with E-state index in [1.54, 1.807) is 0 Å². The van der Waals surface area contributed by atoms with E-state index in [1.807, 2.05) is 4.90 Å². The average Bonchev–Trinajstić information content (AvgIpc) is 2.07. The maximum Gasteiger partial charge on any atom is 0.224 e. The molecule has 88 valence electrons.